The van der Waals surface area contributed by atoms with Gasteiger partial charge in [0.05, 0.1) is 13.3 Å². The molecule has 1 aliphatic heterocycles. The van der Waals surface area contributed by atoms with E-state index in [1.165, 1.54) is 0 Å². The molecule has 3 rings (SSSR count). The maximum absolute atomic E-state index is 12.6. The van der Waals surface area contributed by atoms with E-state index in [1.807, 2.05) is 29.2 Å². The summed E-state index contributed by atoms with van der Waals surface area (Å²) in [4.78, 5) is 18.9. The lowest BCUT2D eigenvalue weighted by molar-refractivity contribution is -0.136. The average molecular weight is 357 g/mol. The Balaban J connectivity index is 1.59. The van der Waals surface area contributed by atoms with Crippen molar-refractivity contribution in [3.63, 3.8) is 0 Å². The average Bonchev–Trinajstić information content (AvgIpc) is 3.15. The summed E-state index contributed by atoms with van der Waals surface area (Å²) in [6.07, 6.45) is 4.77. The van der Waals surface area contributed by atoms with Crippen LogP contribution in [0.15, 0.2) is 34.9 Å². The van der Waals surface area contributed by atoms with E-state index in [-0.39, 0.29) is 11.9 Å². The third-order valence-electron chi connectivity index (χ3n) is 5.16. The van der Waals surface area contributed by atoms with Crippen LogP contribution < -0.4 is 10.5 Å². The predicted molar refractivity (Wildman–Crippen MR) is 99.8 cm³/mol. The summed E-state index contributed by atoms with van der Waals surface area (Å²) in [7, 11) is 1.64. The molecule has 2 atom stereocenters. The number of rotatable bonds is 6. The number of nitrogens with zero attached hydrogens (tertiary/aromatic N) is 2. The quantitative estimate of drug-likeness (QED) is 0.860. The molecular weight excluding hydrogens is 330 g/mol. The van der Waals surface area contributed by atoms with E-state index < -0.39 is 0 Å². The molecule has 1 amide bonds. The number of aromatic nitrogens is 1. The number of piperidine rings is 1. The molecule has 0 spiro atoms. The number of likely N-dealkylation sites (tertiary alicyclic amines) is 1. The van der Waals surface area contributed by atoms with Crippen molar-refractivity contribution in [3.05, 3.63) is 36.4 Å². The van der Waals surface area contributed by atoms with Gasteiger partial charge >= 0.3 is 0 Å². The Morgan fingerprint density at radius 1 is 1.38 bits per heavy atom. The Morgan fingerprint density at radius 2 is 2.15 bits per heavy atom. The number of carbonyl (C=O) groups excluding carboxylic acids is 1. The highest BCUT2D eigenvalue weighted by atomic mass is 16.5. The Hall–Kier alpha value is -2.34. The van der Waals surface area contributed by atoms with Gasteiger partial charge < -0.3 is 19.8 Å². The highest BCUT2D eigenvalue weighted by Crippen LogP contribution is 2.25. The molecule has 2 N–H and O–H groups in total. The van der Waals surface area contributed by atoms with Gasteiger partial charge in [0, 0.05) is 37.5 Å². The second-order valence-corrected chi connectivity index (χ2v) is 6.86. The molecule has 1 aromatic heterocycles. The molecule has 0 aliphatic carbocycles. The highest BCUT2D eigenvalue weighted by molar-refractivity contribution is 5.77. The molecular formula is C20H27N3O3. The van der Waals surface area contributed by atoms with Crippen LogP contribution in [0, 0.1) is 5.92 Å². The zero-order valence-corrected chi connectivity index (χ0v) is 15.5. The van der Waals surface area contributed by atoms with Gasteiger partial charge in [0.15, 0.2) is 11.7 Å². The maximum atomic E-state index is 12.6. The molecule has 140 valence electrons. The van der Waals surface area contributed by atoms with Gasteiger partial charge in [-0.2, -0.15) is 0 Å². The minimum Gasteiger partial charge on any atom is -0.497 e. The van der Waals surface area contributed by atoms with E-state index in [2.05, 4.69) is 11.9 Å². The van der Waals surface area contributed by atoms with Crippen molar-refractivity contribution < 1.29 is 13.9 Å². The Labute approximate surface area is 154 Å². The van der Waals surface area contributed by atoms with Crippen LogP contribution in [-0.4, -0.2) is 42.0 Å². The maximum Gasteiger partial charge on any atom is 0.223 e. The van der Waals surface area contributed by atoms with E-state index >= 15 is 0 Å². The van der Waals surface area contributed by atoms with Crippen LogP contribution in [0.5, 0.6) is 5.75 Å². The molecule has 6 heteroatoms. The molecule has 1 fully saturated rings. The fraction of sp³-hybridized carbons (Fsp3) is 0.500. The van der Waals surface area contributed by atoms with Gasteiger partial charge in [-0.25, -0.2) is 4.98 Å². The molecule has 0 saturated carbocycles. The summed E-state index contributed by atoms with van der Waals surface area (Å²) >= 11 is 0. The Kier molecular flexibility index (Phi) is 5.93. The molecule has 1 saturated heterocycles. The minimum atomic E-state index is 0.135. The largest absolute Gasteiger partial charge is 0.497 e. The summed E-state index contributed by atoms with van der Waals surface area (Å²) in [5, 5.41) is 0. The van der Waals surface area contributed by atoms with Crippen LogP contribution in [0.3, 0.4) is 0 Å². The first-order valence-corrected chi connectivity index (χ1v) is 9.21. The second-order valence-electron chi connectivity index (χ2n) is 6.86. The molecule has 1 aromatic carbocycles. The molecule has 0 bridgehead atoms. The Morgan fingerprint density at radius 3 is 2.85 bits per heavy atom. The first kappa shape index (κ1) is 18.5. The first-order valence-electron chi connectivity index (χ1n) is 9.21. The Bertz CT molecular complexity index is 726. The SMILES string of the molecule is COc1ccc(-c2cnc(CCC(=O)N3CCC[C@H](C)[C@H]3CN)o2)cc1. The van der Waals surface area contributed by atoms with Crippen LogP contribution in [0.25, 0.3) is 11.3 Å². The van der Waals surface area contributed by atoms with Gasteiger partial charge in [0.1, 0.15) is 5.75 Å². The summed E-state index contributed by atoms with van der Waals surface area (Å²) in [6, 6.07) is 7.76. The number of hydrogen-bond acceptors (Lipinski definition) is 5. The van der Waals surface area contributed by atoms with Gasteiger partial charge in [-0.3, -0.25) is 4.79 Å². The van der Waals surface area contributed by atoms with Crippen LogP contribution in [0.4, 0.5) is 0 Å². The molecule has 1 aliphatic rings. The summed E-state index contributed by atoms with van der Waals surface area (Å²) in [5.74, 6) is 2.67. The number of benzene rings is 1. The fourth-order valence-electron chi connectivity index (χ4n) is 3.59. The van der Waals surface area contributed by atoms with E-state index in [0.717, 1.165) is 30.7 Å². The highest BCUT2D eigenvalue weighted by Gasteiger charge is 2.30. The normalized spacial score (nSPS) is 20.2. The first-order chi connectivity index (χ1) is 12.6. The number of ether oxygens (including phenoxy) is 1. The molecule has 2 aromatic rings. The third kappa shape index (κ3) is 4.07. The van der Waals surface area contributed by atoms with E-state index in [0.29, 0.717) is 37.0 Å². The van der Waals surface area contributed by atoms with Gasteiger partial charge in [-0.1, -0.05) is 6.92 Å². The van der Waals surface area contributed by atoms with Crippen molar-refractivity contribution in [2.75, 3.05) is 20.2 Å². The summed E-state index contributed by atoms with van der Waals surface area (Å²) < 4.78 is 11.0. The van der Waals surface area contributed by atoms with Gasteiger partial charge in [-0.05, 0) is 43.0 Å². The molecule has 0 unspecified atom stereocenters. The number of methoxy groups -OCH3 is 1. The van der Waals surface area contributed by atoms with Crippen molar-refractivity contribution in [2.24, 2.45) is 11.7 Å². The van der Waals surface area contributed by atoms with Crippen LogP contribution in [-0.2, 0) is 11.2 Å². The van der Waals surface area contributed by atoms with Crippen LogP contribution in [0.1, 0.15) is 32.1 Å². The zero-order valence-electron chi connectivity index (χ0n) is 15.5. The van der Waals surface area contributed by atoms with Crippen molar-refractivity contribution in [2.45, 2.75) is 38.6 Å². The number of aryl methyl sites for hydroxylation is 1. The topological polar surface area (TPSA) is 81.6 Å². The third-order valence-corrected chi connectivity index (χ3v) is 5.16. The van der Waals surface area contributed by atoms with Crippen LogP contribution in [0.2, 0.25) is 0 Å². The second kappa shape index (κ2) is 8.36. The van der Waals surface area contributed by atoms with Gasteiger partial charge in [0.2, 0.25) is 5.91 Å². The summed E-state index contributed by atoms with van der Waals surface area (Å²) in [6.45, 7) is 3.49. The molecule has 0 radical (unpaired) electrons. The molecule has 6 nitrogen and oxygen atoms in total. The number of amides is 1. The van der Waals surface area contributed by atoms with E-state index in [4.69, 9.17) is 14.9 Å². The minimum absolute atomic E-state index is 0.135. The van der Waals surface area contributed by atoms with E-state index in [9.17, 15) is 4.79 Å². The lowest BCUT2D eigenvalue weighted by Gasteiger charge is -2.39. The van der Waals surface area contributed by atoms with Gasteiger partial charge in [0.25, 0.3) is 0 Å². The predicted octanol–water partition coefficient (Wildman–Crippen LogP) is 2.87. The smallest absolute Gasteiger partial charge is 0.223 e. The van der Waals surface area contributed by atoms with Crippen molar-refractivity contribution in [1.82, 2.24) is 9.88 Å². The van der Waals surface area contributed by atoms with Crippen molar-refractivity contribution in [1.29, 1.82) is 0 Å². The summed E-state index contributed by atoms with van der Waals surface area (Å²) in [5.41, 5.74) is 6.82. The van der Waals surface area contributed by atoms with Gasteiger partial charge in [-0.15, -0.1) is 0 Å². The zero-order chi connectivity index (χ0) is 18.5. The fourth-order valence-corrected chi connectivity index (χ4v) is 3.59. The van der Waals surface area contributed by atoms with E-state index in [1.54, 1.807) is 13.3 Å². The van der Waals surface area contributed by atoms with Crippen molar-refractivity contribution >= 4 is 5.91 Å². The van der Waals surface area contributed by atoms with Crippen molar-refractivity contribution in [3.8, 4) is 17.1 Å². The van der Waals surface area contributed by atoms with Crippen LogP contribution >= 0.6 is 0 Å². The number of carbonyl (C=O) groups is 1. The lowest BCUT2D eigenvalue weighted by atomic mass is 9.90. The molecule has 2 heterocycles. The lowest BCUT2D eigenvalue weighted by Crippen LogP contribution is -2.51. The number of oxazole rings is 1. The standard InChI is InChI=1S/C20H27N3O3/c1-14-4-3-11-23(17(14)12-21)20(24)10-9-19-22-13-18(26-19)15-5-7-16(25-2)8-6-15/h5-8,13-14,17H,3-4,9-12,21H2,1-2H3/t14-,17+/m0/s1. The number of hydrogen-bond donors (Lipinski definition) is 1. The molecule has 26 heavy (non-hydrogen) atoms. The monoisotopic (exact) mass is 357 g/mol. The number of nitrogens with two attached hydrogens (primary N) is 1.